The molecule has 0 amide bonds. The van der Waals surface area contributed by atoms with Gasteiger partial charge in [-0.3, -0.25) is 4.98 Å². The van der Waals surface area contributed by atoms with Crippen LogP contribution in [0.15, 0.2) is 47.1 Å². The summed E-state index contributed by atoms with van der Waals surface area (Å²) in [4.78, 5) is 8.86. The van der Waals surface area contributed by atoms with Gasteiger partial charge < -0.3 is 5.32 Å². The molecule has 0 radical (unpaired) electrons. The van der Waals surface area contributed by atoms with Gasteiger partial charge in [-0.05, 0) is 35.2 Å². The normalized spacial score (nSPS) is 11.8. The van der Waals surface area contributed by atoms with Crippen molar-refractivity contribution in [1.29, 1.82) is 0 Å². The van der Waals surface area contributed by atoms with E-state index < -0.39 is 0 Å². The maximum atomic E-state index is 4.72. The van der Waals surface area contributed by atoms with E-state index in [1.807, 2.05) is 24.0 Å². The molecular formula is C18H21N3S2. The van der Waals surface area contributed by atoms with Gasteiger partial charge in [-0.15, -0.1) is 11.3 Å². The number of benzene rings is 1. The van der Waals surface area contributed by atoms with E-state index in [9.17, 15) is 0 Å². The Hall–Kier alpha value is -1.59. The first-order valence-corrected chi connectivity index (χ1v) is 9.46. The van der Waals surface area contributed by atoms with Crippen LogP contribution in [0, 0.1) is 5.41 Å². The number of thiazole rings is 1. The van der Waals surface area contributed by atoms with E-state index in [-0.39, 0.29) is 0 Å². The number of thioether (sulfide) groups is 1. The van der Waals surface area contributed by atoms with Crippen LogP contribution in [0.5, 0.6) is 0 Å². The van der Waals surface area contributed by atoms with Crippen molar-refractivity contribution in [3.8, 4) is 0 Å². The van der Waals surface area contributed by atoms with Crippen LogP contribution in [-0.2, 0) is 6.54 Å². The van der Waals surface area contributed by atoms with Crippen LogP contribution in [0.1, 0.15) is 26.3 Å². The molecule has 1 N–H and O–H groups in total. The van der Waals surface area contributed by atoms with Gasteiger partial charge >= 0.3 is 0 Å². The second-order valence-corrected chi connectivity index (χ2v) is 8.98. The quantitative estimate of drug-likeness (QED) is 0.626. The summed E-state index contributed by atoms with van der Waals surface area (Å²) in [5.74, 6) is 1.08. The molecule has 1 aromatic carbocycles. The second kappa shape index (κ2) is 6.89. The van der Waals surface area contributed by atoms with Gasteiger partial charge in [0.25, 0.3) is 0 Å². The molecule has 120 valence electrons. The third kappa shape index (κ3) is 4.69. The fraction of sp³-hybridized carbons (Fsp3) is 0.333. The minimum atomic E-state index is 0.318. The summed E-state index contributed by atoms with van der Waals surface area (Å²) in [6, 6.07) is 10.4. The van der Waals surface area contributed by atoms with Crippen LogP contribution in [0.2, 0.25) is 0 Å². The van der Waals surface area contributed by atoms with Crippen molar-refractivity contribution in [2.24, 2.45) is 5.41 Å². The number of rotatable bonds is 5. The van der Waals surface area contributed by atoms with Crippen LogP contribution in [0.3, 0.4) is 0 Å². The summed E-state index contributed by atoms with van der Waals surface area (Å²) in [5, 5.41) is 3.45. The van der Waals surface area contributed by atoms with E-state index in [2.05, 4.69) is 55.3 Å². The molecule has 0 unspecified atom stereocenters. The lowest BCUT2D eigenvalue weighted by Crippen LogP contribution is -2.07. The zero-order chi connectivity index (χ0) is 16.3. The number of pyridine rings is 1. The Kier molecular flexibility index (Phi) is 4.87. The molecule has 2 aromatic heterocycles. The van der Waals surface area contributed by atoms with Crippen molar-refractivity contribution in [2.75, 3.05) is 11.1 Å². The smallest absolute Gasteiger partial charge is 0.151 e. The van der Waals surface area contributed by atoms with Crippen molar-refractivity contribution >= 4 is 39.0 Å². The van der Waals surface area contributed by atoms with E-state index in [0.717, 1.165) is 27.8 Å². The number of anilines is 1. The van der Waals surface area contributed by atoms with Crippen molar-refractivity contribution in [2.45, 2.75) is 31.7 Å². The highest BCUT2D eigenvalue weighted by molar-refractivity contribution is 8.01. The molecule has 0 aliphatic heterocycles. The summed E-state index contributed by atoms with van der Waals surface area (Å²) in [5.41, 5.74) is 3.70. The maximum Gasteiger partial charge on any atom is 0.151 e. The molecule has 0 saturated heterocycles. The maximum absolute atomic E-state index is 4.72. The van der Waals surface area contributed by atoms with Crippen molar-refractivity contribution in [3.63, 3.8) is 0 Å². The topological polar surface area (TPSA) is 37.8 Å². The molecule has 0 aliphatic rings. The highest BCUT2D eigenvalue weighted by Gasteiger charge is 2.13. The SMILES string of the molecule is CC(C)(C)CSc1nc2ccc(NCc3cccnc3)cc2s1. The standard InChI is InChI=1S/C18H21N3S2/c1-18(2,3)12-22-17-21-15-7-6-14(9-16(15)23-17)20-11-13-5-4-8-19-10-13/h4-10,20H,11-12H2,1-3H3. The second-order valence-electron chi connectivity index (χ2n) is 6.73. The van der Waals surface area contributed by atoms with Gasteiger partial charge in [-0.25, -0.2) is 4.98 Å². The zero-order valence-electron chi connectivity index (χ0n) is 13.7. The van der Waals surface area contributed by atoms with Gasteiger partial charge in [0.05, 0.1) is 10.2 Å². The molecule has 3 aromatic rings. The van der Waals surface area contributed by atoms with Crippen molar-refractivity contribution < 1.29 is 0 Å². The van der Waals surface area contributed by atoms with Crippen LogP contribution >= 0.6 is 23.1 Å². The first-order chi connectivity index (χ1) is 11.0. The van der Waals surface area contributed by atoms with Gasteiger partial charge in [-0.2, -0.15) is 0 Å². The third-order valence-electron chi connectivity index (χ3n) is 3.22. The van der Waals surface area contributed by atoms with Gasteiger partial charge in [0.2, 0.25) is 0 Å². The number of hydrogen-bond donors (Lipinski definition) is 1. The van der Waals surface area contributed by atoms with E-state index in [4.69, 9.17) is 4.98 Å². The van der Waals surface area contributed by atoms with Gasteiger partial charge in [-0.1, -0.05) is 38.6 Å². The Balaban J connectivity index is 1.69. The summed E-state index contributed by atoms with van der Waals surface area (Å²) in [6.45, 7) is 7.55. The molecule has 0 spiro atoms. The number of nitrogens with one attached hydrogen (secondary N) is 1. The van der Waals surface area contributed by atoms with Crippen LogP contribution in [0.25, 0.3) is 10.2 Å². The molecule has 3 nitrogen and oxygen atoms in total. The lowest BCUT2D eigenvalue weighted by Gasteiger charge is -2.15. The Morgan fingerprint density at radius 2 is 2.09 bits per heavy atom. The molecule has 0 fully saturated rings. The summed E-state index contributed by atoms with van der Waals surface area (Å²) >= 11 is 3.62. The third-order valence-corrected chi connectivity index (χ3v) is 5.98. The number of fused-ring (bicyclic) bond motifs is 1. The van der Waals surface area contributed by atoms with Crippen molar-refractivity contribution in [3.05, 3.63) is 48.3 Å². The van der Waals surface area contributed by atoms with E-state index in [1.165, 1.54) is 10.3 Å². The van der Waals surface area contributed by atoms with E-state index in [0.29, 0.717) is 5.41 Å². The fourth-order valence-electron chi connectivity index (χ4n) is 2.06. The highest BCUT2D eigenvalue weighted by atomic mass is 32.2. The Morgan fingerprint density at radius 1 is 1.22 bits per heavy atom. The van der Waals surface area contributed by atoms with Gasteiger partial charge in [0.1, 0.15) is 0 Å². The highest BCUT2D eigenvalue weighted by Crippen LogP contribution is 2.34. The van der Waals surface area contributed by atoms with E-state index in [1.54, 1.807) is 17.5 Å². The monoisotopic (exact) mass is 343 g/mol. The van der Waals surface area contributed by atoms with Crippen LogP contribution in [-0.4, -0.2) is 15.7 Å². The molecule has 2 heterocycles. The lowest BCUT2D eigenvalue weighted by atomic mass is 10.0. The Labute approximate surface area is 145 Å². The summed E-state index contributed by atoms with van der Waals surface area (Å²) in [6.07, 6.45) is 3.68. The predicted molar refractivity (Wildman–Crippen MR) is 101 cm³/mol. The number of hydrogen-bond acceptors (Lipinski definition) is 5. The number of nitrogens with zero attached hydrogens (tertiary/aromatic N) is 2. The Morgan fingerprint density at radius 3 is 2.83 bits per heavy atom. The Bertz CT molecular complexity index is 776. The molecule has 0 saturated carbocycles. The number of aromatic nitrogens is 2. The molecule has 0 atom stereocenters. The summed E-state index contributed by atoms with van der Waals surface area (Å²) in [7, 11) is 0. The lowest BCUT2D eigenvalue weighted by molar-refractivity contribution is 0.481. The first-order valence-electron chi connectivity index (χ1n) is 7.66. The van der Waals surface area contributed by atoms with Crippen molar-refractivity contribution in [1.82, 2.24) is 9.97 Å². The minimum absolute atomic E-state index is 0.318. The van der Waals surface area contributed by atoms with Gasteiger partial charge in [0.15, 0.2) is 4.34 Å². The molecule has 0 bridgehead atoms. The van der Waals surface area contributed by atoms with E-state index >= 15 is 0 Å². The largest absolute Gasteiger partial charge is 0.381 e. The zero-order valence-corrected chi connectivity index (χ0v) is 15.3. The average Bonchev–Trinajstić information content (AvgIpc) is 2.93. The first kappa shape index (κ1) is 16.3. The molecule has 3 rings (SSSR count). The molecular weight excluding hydrogens is 322 g/mol. The van der Waals surface area contributed by atoms with Gasteiger partial charge in [0, 0.05) is 30.4 Å². The predicted octanol–water partition coefficient (Wildman–Crippen LogP) is 5.44. The fourth-order valence-corrected chi connectivity index (χ4v) is 4.20. The minimum Gasteiger partial charge on any atom is -0.381 e. The van der Waals surface area contributed by atoms with Crippen LogP contribution in [0.4, 0.5) is 5.69 Å². The van der Waals surface area contributed by atoms with Crippen LogP contribution < -0.4 is 5.32 Å². The average molecular weight is 344 g/mol. The summed E-state index contributed by atoms with van der Waals surface area (Å²) < 4.78 is 2.39. The molecule has 5 heteroatoms. The molecule has 23 heavy (non-hydrogen) atoms. The molecule has 0 aliphatic carbocycles.